The third-order valence-corrected chi connectivity index (χ3v) is 6.59. The smallest absolute Gasteiger partial charge is 0.410 e. The van der Waals surface area contributed by atoms with Crippen molar-refractivity contribution in [2.45, 2.75) is 12.8 Å². The van der Waals surface area contributed by atoms with E-state index in [1.54, 1.807) is 58.5 Å². The summed E-state index contributed by atoms with van der Waals surface area (Å²) in [4.78, 5) is 14.5. The van der Waals surface area contributed by atoms with Crippen LogP contribution >= 0.6 is 0 Å². The molecule has 1 unspecified atom stereocenters. The van der Waals surface area contributed by atoms with Crippen molar-refractivity contribution in [3.63, 3.8) is 0 Å². The van der Waals surface area contributed by atoms with E-state index in [0.29, 0.717) is 45.5 Å². The molecule has 0 aliphatic carbocycles. The number of hydrogen-bond donors (Lipinski definition) is 1. The SMILES string of the molecule is CCOC(=O)N1CC2=C(OC(N)=C(C#N)C2c2ccc(OC)cc2OC)/C(=C/c2ccc(OC)cc2OC)C1. The van der Waals surface area contributed by atoms with E-state index < -0.39 is 12.0 Å². The molecular formula is C29H31N3O7. The minimum absolute atomic E-state index is 0.0173. The number of hydrogen-bond acceptors (Lipinski definition) is 9. The predicted octanol–water partition coefficient (Wildman–Crippen LogP) is 4.34. The summed E-state index contributed by atoms with van der Waals surface area (Å²) in [5, 5.41) is 10.1. The molecule has 2 heterocycles. The lowest BCUT2D eigenvalue weighted by molar-refractivity contribution is 0.109. The maximum Gasteiger partial charge on any atom is 0.410 e. The number of carbonyl (C=O) groups is 1. The summed E-state index contributed by atoms with van der Waals surface area (Å²) < 4.78 is 33.4. The Balaban J connectivity index is 1.94. The van der Waals surface area contributed by atoms with Crippen LogP contribution in [0, 0.1) is 11.3 Å². The first-order chi connectivity index (χ1) is 18.9. The molecular weight excluding hydrogens is 502 g/mol. The number of rotatable bonds is 7. The summed E-state index contributed by atoms with van der Waals surface area (Å²) in [6.45, 7) is 2.31. The van der Waals surface area contributed by atoms with Crippen molar-refractivity contribution in [3.05, 3.63) is 75.9 Å². The zero-order chi connectivity index (χ0) is 28.1. The molecule has 1 atom stereocenters. The molecule has 0 saturated heterocycles. The van der Waals surface area contributed by atoms with Gasteiger partial charge < -0.3 is 34.2 Å². The van der Waals surface area contributed by atoms with Gasteiger partial charge in [-0.05, 0) is 31.2 Å². The number of nitrogens with two attached hydrogens (primary N) is 1. The van der Waals surface area contributed by atoms with Crippen LogP contribution in [0.3, 0.4) is 0 Å². The van der Waals surface area contributed by atoms with E-state index in [-0.39, 0.29) is 31.2 Å². The van der Waals surface area contributed by atoms with E-state index in [4.69, 9.17) is 34.2 Å². The molecule has 0 bridgehead atoms. The van der Waals surface area contributed by atoms with Gasteiger partial charge in [-0.25, -0.2) is 4.79 Å². The molecule has 1 amide bonds. The number of nitriles is 1. The molecule has 0 fully saturated rings. The fourth-order valence-electron chi connectivity index (χ4n) is 4.75. The van der Waals surface area contributed by atoms with Gasteiger partial charge in [0.1, 0.15) is 40.4 Å². The van der Waals surface area contributed by atoms with Crippen molar-refractivity contribution in [1.29, 1.82) is 5.26 Å². The Morgan fingerprint density at radius 3 is 2.33 bits per heavy atom. The van der Waals surface area contributed by atoms with E-state index in [2.05, 4.69) is 6.07 Å². The van der Waals surface area contributed by atoms with Crippen LogP contribution in [0.2, 0.25) is 0 Å². The van der Waals surface area contributed by atoms with Crippen molar-refractivity contribution in [2.75, 3.05) is 48.1 Å². The zero-order valence-electron chi connectivity index (χ0n) is 22.6. The second kappa shape index (κ2) is 11.7. The molecule has 2 aromatic carbocycles. The molecule has 0 saturated carbocycles. The largest absolute Gasteiger partial charge is 0.497 e. The number of methoxy groups -OCH3 is 4. The number of ether oxygens (including phenoxy) is 6. The Morgan fingerprint density at radius 2 is 1.72 bits per heavy atom. The summed E-state index contributed by atoms with van der Waals surface area (Å²) in [6, 6.07) is 13.0. The summed E-state index contributed by atoms with van der Waals surface area (Å²) in [7, 11) is 6.24. The summed E-state index contributed by atoms with van der Waals surface area (Å²) in [6.07, 6.45) is 1.38. The van der Waals surface area contributed by atoms with E-state index in [1.165, 1.54) is 0 Å². The molecule has 2 aliphatic rings. The monoisotopic (exact) mass is 533 g/mol. The Labute approximate surface area is 227 Å². The van der Waals surface area contributed by atoms with E-state index in [1.807, 2.05) is 24.3 Å². The van der Waals surface area contributed by atoms with Gasteiger partial charge in [0.05, 0.1) is 54.1 Å². The first kappa shape index (κ1) is 27.3. The van der Waals surface area contributed by atoms with Gasteiger partial charge in [-0.2, -0.15) is 5.26 Å². The number of carbonyl (C=O) groups excluding carboxylic acids is 1. The standard InChI is InChI=1S/C29H31N3O7/c1-6-38-29(33)32-15-18(11-17-7-8-19(34-2)12-24(17)36-4)27-23(16-32)26(22(14-30)28(31)39-27)21-10-9-20(35-3)13-25(21)37-5/h7-13,26H,6,15-16,31H2,1-5H3/b18-11+. The highest BCUT2D eigenvalue weighted by molar-refractivity contribution is 5.74. The van der Waals surface area contributed by atoms with Gasteiger partial charge in [0, 0.05) is 34.4 Å². The van der Waals surface area contributed by atoms with Crippen LogP contribution in [-0.4, -0.2) is 59.1 Å². The van der Waals surface area contributed by atoms with Crippen molar-refractivity contribution in [2.24, 2.45) is 5.73 Å². The maximum atomic E-state index is 13.0. The highest BCUT2D eigenvalue weighted by Crippen LogP contribution is 2.47. The molecule has 39 heavy (non-hydrogen) atoms. The van der Waals surface area contributed by atoms with Gasteiger partial charge in [-0.15, -0.1) is 0 Å². The fourth-order valence-corrected chi connectivity index (χ4v) is 4.75. The van der Waals surface area contributed by atoms with E-state index in [0.717, 1.165) is 5.56 Å². The van der Waals surface area contributed by atoms with Crippen molar-refractivity contribution >= 4 is 12.2 Å². The number of amides is 1. The lowest BCUT2D eigenvalue weighted by atomic mass is 9.79. The Hall–Kier alpha value is -4.78. The Kier molecular flexibility index (Phi) is 8.20. The molecule has 2 aliphatic heterocycles. The van der Waals surface area contributed by atoms with Crippen LogP contribution in [0.1, 0.15) is 24.0 Å². The van der Waals surface area contributed by atoms with Crippen molar-refractivity contribution in [1.82, 2.24) is 4.90 Å². The van der Waals surface area contributed by atoms with Gasteiger partial charge in [0.15, 0.2) is 0 Å². The van der Waals surface area contributed by atoms with Crippen molar-refractivity contribution in [3.8, 4) is 29.1 Å². The second-order valence-electron chi connectivity index (χ2n) is 8.72. The topological polar surface area (TPSA) is 126 Å². The van der Waals surface area contributed by atoms with Crippen LogP contribution in [0.4, 0.5) is 4.79 Å². The molecule has 4 rings (SSSR count). The van der Waals surface area contributed by atoms with Gasteiger partial charge in [-0.3, -0.25) is 4.90 Å². The van der Waals surface area contributed by atoms with E-state index >= 15 is 0 Å². The number of allylic oxidation sites excluding steroid dienone is 1. The van der Waals surface area contributed by atoms with Crippen LogP contribution in [0.15, 0.2) is 64.8 Å². The zero-order valence-corrected chi connectivity index (χ0v) is 22.6. The average molecular weight is 534 g/mol. The molecule has 2 N–H and O–H groups in total. The van der Waals surface area contributed by atoms with E-state index in [9.17, 15) is 10.1 Å². The highest BCUT2D eigenvalue weighted by Gasteiger charge is 2.40. The molecule has 0 radical (unpaired) electrons. The number of nitrogens with zero attached hydrogens (tertiary/aromatic N) is 2. The third kappa shape index (κ3) is 5.29. The second-order valence-corrected chi connectivity index (χ2v) is 8.72. The van der Waals surface area contributed by atoms with Crippen LogP contribution in [0.25, 0.3) is 6.08 Å². The van der Waals surface area contributed by atoms with Gasteiger partial charge in [0.25, 0.3) is 0 Å². The lowest BCUT2D eigenvalue weighted by Crippen LogP contribution is -2.41. The van der Waals surface area contributed by atoms with Gasteiger partial charge in [0.2, 0.25) is 5.88 Å². The van der Waals surface area contributed by atoms with Crippen LogP contribution < -0.4 is 24.7 Å². The Bertz CT molecular complexity index is 1400. The Morgan fingerprint density at radius 1 is 1.05 bits per heavy atom. The van der Waals surface area contributed by atoms with Crippen molar-refractivity contribution < 1.29 is 33.2 Å². The molecule has 10 heteroatoms. The molecule has 10 nitrogen and oxygen atoms in total. The molecule has 0 spiro atoms. The first-order valence-corrected chi connectivity index (χ1v) is 12.3. The van der Waals surface area contributed by atoms with Gasteiger partial charge >= 0.3 is 6.09 Å². The minimum Gasteiger partial charge on any atom is -0.497 e. The molecule has 2 aromatic rings. The maximum absolute atomic E-state index is 13.0. The average Bonchev–Trinajstić information content (AvgIpc) is 2.96. The quantitative estimate of drug-likeness (QED) is 0.553. The summed E-state index contributed by atoms with van der Waals surface area (Å²) in [5.74, 6) is 2.13. The first-order valence-electron chi connectivity index (χ1n) is 12.3. The normalized spacial score (nSPS) is 17.7. The summed E-state index contributed by atoms with van der Waals surface area (Å²) >= 11 is 0. The fraction of sp³-hybridized carbons (Fsp3) is 0.310. The van der Waals surface area contributed by atoms with Crippen LogP contribution in [-0.2, 0) is 9.47 Å². The molecule has 204 valence electrons. The summed E-state index contributed by atoms with van der Waals surface area (Å²) in [5.41, 5.74) is 9.28. The van der Waals surface area contributed by atoms with Gasteiger partial charge in [-0.1, -0.05) is 6.07 Å². The molecule has 0 aromatic heterocycles. The predicted molar refractivity (Wildman–Crippen MR) is 143 cm³/mol. The lowest BCUT2D eigenvalue weighted by Gasteiger charge is -2.38. The third-order valence-electron chi connectivity index (χ3n) is 6.59. The van der Waals surface area contributed by atoms with Crippen LogP contribution in [0.5, 0.6) is 23.0 Å². The minimum atomic E-state index is -0.641. The highest BCUT2D eigenvalue weighted by atomic mass is 16.6. The number of benzene rings is 2.